The van der Waals surface area contributed by atoms with Gasteiger partial charge in [-0.25, -0.2) is 0 Å². The fourth-order valence-corrected chi connectivity index (χ4v) is 1.31. The van der Waals surface area contributed by atoms with E-state index < -0.39 is 6.61 Å². The molecular formula is C10H10ClF2NO2. The van der Waals surface area contributed by atoms with Gasteiger partial charge in [-0.1, -0.05) is 0 Å². The quantitative estimate of drug-likeness (QED) is 0.496. The van der Waals surface area contributed by atoms with Crippen molar-refractivity contribution in [3.63, 3.8) is 0 Å². The third kappa shape index (κ3) is 3.34. The minimum atomic E-state index is -2.97. The smallest absolute Gasteiger partial charge is 0.387 e. The van der Waals surface area contributed by atoms with Crippen molar-refractivity contribution in [1.82, 2.24) is 0 Å². The summed E-state index contributed by atoms with van der Waals surface area (Å²) in [6, 6.07) is 3.98. The van der Waals surface area contributed by atoms with E-state index in [4.69, 9.17) is 17.3 Å². The van der Waals surface area contributed by atoms with Crippen LogP contribution >= 0.6 is 11.6 Å². The molecule has 1 rings (SSSR count). The van der Waals surface area contributed by atoms with Crippen LogP contribution in [0.15, 0.2) is 18.2 Å². The number of nitrogen functional groups attached to an aromatic ring is 1. The van der Waals surface area contributed by atoms with Gasteiger partial charge < -0.3 is 10.5 Å². The summed E-state index contributed by atoms with van der Waals surface area (Å²) in [5.41, 5.74) is 5.73. The fraction of sp³-hybridized carbons (Fsp3) is 0.300. The number of rotatable bonds is 5. The molecule has 0 heterocycles. The number of carbonyl (C=O) groups is 1. The maximum absolute atomic E-state index is 12.0. The number of Topliss-reactive ketones (excluding diaryl/α,β-unsaturated/α-hetero) is 1. The Kier molecular flexibility index (Phi) is 4.49. The van der Waals surface area contributed by atoms with Crippen molar-refractivity contribution >= 4 is 23.1 Å². The highest BCUT2D eigenvalue weighted by atomic mass is 35.5. The summed E-state index contributed by atoms with van der Waals surface area (Å²) in [4.78, 5) is 11.4. The van der Waals surface area contributed by atoms with E-state index in [1.54, 1.807) is 0 Å². The number of nitrogens with two attached hydrogens (primary N) is 1. The first kappa shape index (κ1) is 12.7. The molecule has 0 fully saturated rings. The van der Waals surface area contributed by atoms with E-state index >= 15 is 0 Å². The number of anilines is 1. The molecule has 88 valence electrons. The lowest BCUT2D eigenvalue weighted by Crippen LogP contribution is -2.06. The summed E-state index contributed by atoms with van der Waals surface area (Å²) in [6.45, 7) is -2.97. The molecule has 6 heteroatoms. The van der Waals surface area contributed by atoms with Crippen LogP contribution in [0.1, 0.15) is 16.8 Å². The first-order valence-corrected chi connectivity index (χ1v) is 5.01. The van der Waals surface area contributed by atoms with Gasteiger partial charge in [-0.2, -0.15) is 8.78 Å². The molecule has 0 bridgehead atoms. The van der Waals surface area contributed by atoms with Crippen LogP contribution in [0.3, 0.4) is 0 Å². The standard InChI is InChI=1S/C10H10ClF2NO2/c11-4-3-8(15)6-1-2-7(14)9(5-6)16-10(12)13/h1-2,5,10H,3-4,14H2. The van der Waals surface area contributed by atoms with Crippen molar-refractivity contribution in [1.29, 1.82) is 0 Å². The number of halogens is 3. The van der Waals surface area contributed by atoms with Gasteiger partial charge in [0.25, 0.3) is 0 Å². The van der Waals surface area contributed by atoms with E-state index in [1.807, 2.05) is 0 Å². The Morgan fingerprint density at radius 1 is 1.50 bits per heavy atom. The maximum Gasteiger partial charge on any atom is 0.387 e. The second-order valence-electron chi connectivity index (χ2n) is 2.99. The van der Waals surface area contributed by atoms with Crippen molar-refractivity contribution in [2.45, 2.75) is 13.0 Å². The molecule has 0 atom stereocenters. The molecular weight excluding hydrogens is 240 g/mol. The number of alkyl halides is 3. The van der Waals surface area contributed by atoms with Crippen LogP contribution in [0.25, 0.3) is 0 Å². The van der Waals surface area contributed by atoms with Gasteiger partial charge in [0.05, 0.1) is 5.69 Å². The summed E-state index contributed by atoms with van der Waals surface area (Å²) >= 11 is 5.40. The molecule has 0 unspecified atom stereocenters. The highest BCUT2D eigenvalue weighted by Gasteiger charge is 2.12. The molecule has 0 saturated carbocycles. The first-order valence-electron chi connectivity index (χ1n) is 4.48. The van der Waals surface area contributed by atoms with Gasteiger partial charge in [0.15, 0.2) is 5.78 Å². The van der Waals surface area contributed by atoms with Crippen LogP contribution in [0.4, 0.5) is 14.5 Å². The molecule has 2 N–H and O–H groups in total. The average molecular weight is 250 g/mol. The zero-order valence-electron chi connectivity index (χ0n) is 8.25. The Bertz CT molecular complexity index is 385. The normalized spacial score (nSPS) is 10.5. The molecule has 0 aromatic heterocycles. The highest BCUT2D eigenvalue weighted by Crippen LogP contribution is 2.25. The summed E-state index contributed by atoms with van der Waals surface area (Å²) in [5, 5.41) is 0. The molecule has 0 aliphatic heterocycles. The van der Waals surface area contributed by atoms with Gasteiger partial charge in [-0.3, -0.25) is 4.79 Å². The Hall–Kier alpha value is -1.36. The molecule has 0 amide bonds. The van der Waals surface area contributed by atoms with E-state index in [1.165, 1.54) is 18.2 Å². The van der Waals surface area contributed by atoms with Crippen LogP contribution < -0.4 is 10.5 Å². The van der Waals surface area contributed by atoms with Crippen molar-refractivity contribution in [2.24, 2.45) is 0 Å². The van der Waals surface area contributed by atoms with Gasteiger partial charge in [0.2, 0.25) is 0 Å². The molecule has 3 nitrogen and oxygen atoms in total. The topological polar surface area (TPSA) is 52.3 Å². The molecule has 16 heavy (non-hydrogen) atoms. The lowest BCUT2D eigenvalue weighted by Gasteiger charge is -2.08. The van der Waals surface area contributed by atoms with Crippen LogP contribution in [0.5, 0.6) is 5.75 Å². The number of hydrogen-bond donors (Lipinski definition) is 1. The Morgan fingerprint density at radius 2 is 2.19 bits per heavy atom. The average Bonchev–Trinajstić information content (AvgIpc) is 2.21. The van der Waals surface area contributed by atoms with E-state index in [0.717, 1.165) is 0 Å². The minimum absolute atomic E-state index is 0.0581. The van der Waals surface area contributed by atoms with Crippen LogP contribution in [0.2, 0.25) is 0 Å². The molecule has 0 aliphatic carbocycles. The summed E-state index contributed by atoms with van der Waals surface area (Å²) < 4.78 is 28.2. The zero-order chi connectivity index (χ0) is 12.1. The number of ketones is 1. The molecule has 0 spiro atoms. The summed E-state index contributed by atoms with van der Waals surface area (Å²) in [5.74, 6) is -0.265. The van der Waals surface area contributed by atoms with Crippen molar-refractivity contribution < 1.29 is 18.3 Å². The fourth-order valence-electron chi connectivity index (χ4n) is 1.14. The molecule has 0 aliphatic rings. The highest BCUT2D eigenvalue weighted by molar-refractivity contribution is 6.19. The molecule has 1 aromatic rings. The van der Waals surface area contributed by atoms with Crippen LogP contribution in [0, 0.1) is 0 Å². The van der Waals surface area contributed by atoms with E-state index in [2.05, 4.69) is 4.74 Å². The summed E-state index contributed by atoms with van der Waals surface area (Å²) in [6.07, 6.45) is 0.138. The summed E-state index contributed by atoms with van der Waals surface area (Å²) in [7, 11) is 0. The van der Waals surface area contributed by atoms with E-state index in [-0.39, 0.29) is 35.1 Å². The van der Waals surface area contributed by atoms with Gasteiger partial charge in [-0.15, -0.1) is 11.6 Å². The Labute approximate surface area is 96.1 Å². The first-order chi connectivity index (χ1) is 7.54. The predicted octanol–water partition coefficient (Wildman–Crippen LogP) is 2.68. The van der Waals surface area contributed by atoms with Crippen LogP contribution in [-0.2, 0) is 0 Å². The van der Waals surface area contributed by atoms with E-state index in [0.29, 0.717) is 0 Å². The number of ether oxygens (including phenoxy) is 1. The molecule has 1 aromatic carbocycles. The number of carbonyl (C=O) groups excluding carboxylic acids is 1. The van der Waals surface area contributed by atoms with E-state index in [9.17, 15) is 13.6 Å². The third-order valence-electron chi connectivity index (χ3n) is 1.87. The SMILES string of the molecule is Nc1ccc(C(=O)CCCl)cc1OC(F)F. The lowest BCUT2D eigenvalue weighted by molar-refractivity contribution is -0.0493. The Morgan fingerprint density at radius 3 is 2.75 bits per heavy atom. The maximum atomic E-state index is 12.0. The van der Waals surface area contributed by atoms with Crippen molar-refractivity contribution in [2.75, 3.05) is 11.6 Å². The van der Waals surface area contributed by atoms with Gasteiger partial charge in [0, 0.05) is 17.9 Å². The minimum Gasteiger partial charge on any atom is -0.433 e. The monoisotopic (exact) mass is 249 g/mol. The van der Waals surface area contributed by atoms with Crippen molar-refractivity contribution in [3.05, 3.63) is 23.8 Å². The van der Waals surface area contributed by atoms with Crippen LogP contribution in [-0.4, -0.2) is 18.3 Å². The van der Waals surface area contributed by atoms with Gasteiger partial charge >= 0.3 is 6.61 Å². The van der Waals surface area contributed by atoms with Gasteiger partial charge in [0.1, 0.15) is 5.75 Å². The zero-order valence-corrected chi connectivity index (χ0v) is 9.01. The Balaban J connectivity index is 2.93. The van der Waals surface area contributed by atoms with Gasteiger partial charge in [-0.05, 0) is 18.2 Å². The lowest BCUT2D eigenvalue weighted by atomic mass is 10.1. The number of benzene rings is 1. The second kappa shape index (κ2) is 5.65. The molecule has 0 saturated heterocycles. The van der Waals surface area contributed by atoms with Crippen molar-refractivity contribution in [3.8, 4) is 5.75 Å². The second-order valence-corrected chi connectivity index (χ2v) is 3.37. The third-order valence-corrected chi connectivity index (χ3v) is 2.06. The molecule has 0 radical (unpaired) electrons. The predicted molar refractivity (Wildman–Crippen MR) is 57.2 cm³/mol. The number of hydrogen-bond acceptors (Lipinski definition) is 3. The largest absolute Gasteiger partial charge is 0.433 e.